The summed E-state index contributed by atoms with van der Waals surface area (Å²) in [6.07, 6.45) is 2.55. The van der Waals surface area contributed by atoms with Gasteiger partial charge >= 0.3 is 0 Å². The number of nitrogens with zero attached hydrogens (tertiary/aromatic N) is 4. The first kappa shape index (κ1) is 19.9. The van der Waals surface area contributed by atoms with Crippen LogP contribution in [-0.2, 0) is 16.3 Å². The molecule has 1 atom stereocenters. The molecule has 0 spiro atoms. The van der Waals surface area contributed by atoms with Crippen molar-refractivity contribution >= 4 is 27.4 Å². The van der Waals surface area contributed by atoms with Crippen LogP contribution in [-0.4, -0.2) is 51.4 Å². The van der Waals surface area contributed by atoms with Gasteiger partial charge < -0.3 is 8.94 Å². The average molecular weight is 437 g/mol. The highest BCUT2D eigenvalue weighted by atomic mass is 32.2. The summed E-state index contributed by atoms with van der Waals surface area (Å²) in [4.78, 5) is 12.7. The van der Waals surface area contributed by atoms with E-state index < -0.39 is 9.84 Å². The van der Waals surface area contributed by atoms with Crippen LogP contribution in [0.15, 0.2) is 32.6 Å². The average Bonchev–Trinajstić information content (AvgIpc) is 3.43. The maximum absolute atomic E-state index is 12.7. The van der Waals surface area contributed by atoms with Crippen LogP contribution >= 0.6 is 11.8 Å². The van der Waals surface area contributed by atoms with Crippen LogP contribution in [0.1, 0.15) is 34.1 Å². The van der Waals surface area contributed by atoms with Crippen LogP contribution in [0.25, 0.3) is 5.82 Å². The Morgan fingerprint density at radius 2 is 2.17 bits per heavy atom. The predicted molar refractivity (Wildman–Crippen MR) is 105 cm³/mol. The number of hydrogen-bond donors (Lipinski definition) is 0. The lowest BCUT2D eigenvalue weighted by molar-refractivity contribution is 0.102. The number of sulfone groups is 1. The van der Waals surface area contributed by atoms with Crippen LogP contribution in [0.2, 0.25) is 0 Å². The van der Waals surface area contributed by atoms with Gasteiger partial charge in [0, 0.05) is 29.4 Å². The number of hydrogen-bond acceptors (Lipinski definition) is 9. The summed E-state index contributed by atoms with van der Waals surface area (Å²) in [6, 6.07) is 3.56. The first-order chi connectivity index (χ1) is 13.8. The van der Waals surface area contributed by atoms with Gasteiger partial charge in [-0.25, -0.2) is 8.42 Å². The zero-order valence-corrected chi connectivity index (χ0v) is 17.6. The normalized spacial score (nSPS) is 18.3. The number of aryl methyl sites for hydroxylation is 1. The Labute approximate surface area is 171 Å². The molecule has 1 saturated heterocycles. The first-order valence-corrected chi connectivity index (χ1v) is 11.9. The molecule has 0 N–H and O–H groups in total. The highest BCUT2D eigenvalue weighted by Crippen LogP contribution is 2.26. The monoisotopic (exact) mass is 436 g/mol. The largest absolute Gasteiger partial charge is 0.416 e. The lowest BCUT2D eigenvalue weighted by Gasteiger charge is -2.04. The molecule has 1 aliphatic rings. The highest BCUT2D eigenvalue weighted by molar-refractivity contribution is 7.99. The van der Waals surface area contributed by atoms with E-state index in [0.29, 0.717) is 35.3 Å². The van der Waals surface area contributed by atoms with Gasteiger partial charge in [-0.3, -0.25) is 9.36 Å². The van der Waals surface area contributed by atoms with E-state index in [9.17, 15) is 13.2 Å². The van der Waals surface area contributed by atoms with E-state index in [1.165, 1.54) is 18.0 Å². The van der Waals surface area contributed by atoms with Gasteiger partial charge in [-0.15, -0.1) is 10.2 Å². The van der Waals surface area contributed by atoms with Crippen molar-refractivity contribution in [1.82, 2.24) is 19.9 Å². The van der Waals surface area contributed by atoms with Crippen molar-refractivity contribution in [1.29, 1.82) is 0 Å². The van der Waals surface area contributed by atoms with Crippen LogP contribution in [0.3, 0.4) is 0 Å². The fourth-order valence-corrected chi connectivity index (χ4v) is 6.11. The molecule has 3 aromatic rings. The minimum Gasteiger partial charge on any atom is -0.416 e. The molecule has 0 amide bonds. The second kappa shape index (κ2) is 7.79. The van der Waals surface area contributed by atoms with Gasteiger partial charge in [0.1, 0.15) is 6.26 Å². The molecule has 1 aliphatic heterocycles. The quantitative estimate of drug-likeness (QED) is 0.406. The van der Waals surface area contributed by atoms with E-state index in [1.54, 1.807) is 6.07 Å². The maximum atomic E-state index is 12.7. The van der Waals surface area contributed by atoms with Gasteiger partial charge in [-0.05, 0) is 32.3 Å². The summed E-state index contributed by atoms with van der Waals surface area (Å²) in [7, 11) is -2.93. The van der Waals surface area contributed by atoms with Gasteiger partial charge in [0.2, 0.25) is 5.89 Å². The number of ketones is 1. The highest BCUT2D eigenvalue weighted by Gasteiger charge is 2.29. The Bertz CT molecular complexity index is 1130. The number of rotatable bonds is 7. The Hall–Kier alpha value is -2.40. The van der Waals surface area contributed by atoms with E-state index in [1.807, 2.05) is 24.5 Å². The molecule has 0 aromatic carbocycles. The smallest absolute Gasteiger partial charge is 0.277 e. The summed E-state index contributed by atoms with van der Waals surface area (Å²) < 4.78 is 35.5. The van der Waals surface area contributed by atoms with Gasteiger partial charge in [0.05, 0.1) is 17.3 Å². The molecule has 29 heavy (non-hydrogen) atoms. The molecule has 4 rings (SSSR count). The van der Waals surface area contributed by atoms with Crippen molar-refractivity contribution in [3.8, 4) is 5.82 Å². The van der Waals surface area contributed by atoms with Crippen molar-refractivity contribution < 1.29 is 22.2 Å². The van der Waals surface area contributed by atoms with Crippen molar-refractivity contribution in [3.63, 3.8) is 0 Å². The number of thioether (sulfide) groups is 1. The minimum absolute atomic E-state index is 0.0156. The molecular formula is C18H20N4O5S2. The molecule has 11 heteroatoms. The van der Waals surface area contributed by atoms with Crippen LogP contribution in [0.5, 0.6) is 0 Å². The molecular weight excluding hydrogens is 416 g/mol. The lowest BCUT2D eigenvalue weighted by atomic mass is 10.1. The van der Waals surface area contributed by atoms with Crippen LogP contribution in [0.4, 0.5) is 0 Å². The standard InChI is InChI=1S/C18H20N4O5S2/c1-11-7-14(12(2)22(11)16-3-5-26-21-16)15(23)9-28-18-20-19-17(27-18)8-13-4-6-29(24,25)10-13/h3,5,7,13H,4,6,8-10H2,1-2H3. The molecule has 154 valence electrons. The van der Waals surface area contributed by atoms with Crippen molar-refractivity contribution in [2.24, 2.45) is 5.92 Å². The van der Waals surface area contributed by atoms with E-state index >= 15 is 0 Å². The number of carbonyl (C=O) groups is 1. The summed E-state index contributed by atoms with van der Waals surface area (Å²) >= 11 is 1.17. The molecule has 9 nitrogen and oxygen atoms in total. The van der Waals surface area contributed by atoms with Gasteiger partial charge in [-0.1, -0.05) is 16.9 Å². The Morgan fingerprint density at radius 3 is 2.86 bits per heavy atom. The molecule has 3 aromatic heterocycles. The Morgan fingerprint density at radius 1 is 1.34 bits per heavy atom. The third-order valence-corrected chi connectivity index (χ3v) is 7.61. The molecule has 0 bridgehead atoms. The molecule has 1 unspecified atom stereocenters. The van der Waals surface area contributed by atoms with E-state index in [-0.39, 0.29) is 29.0 Å². The zero-order chi connectivity index (χ0) is 20.6. The molecule has 0 aliphatic carbocycles. The van der Waals surface area contributed by atoms with Gasteiger partial charge in [0.15, 0.2) is 21.4 Å². The third kappa shape index (κ3) is 4.30. The summed E-state index contributed by atoms with van der Waals surface area (Å²) in [5.74, 6) is 1.53. The summed E-state index contributed by atoms with van der Waals surface area (Å²) in [6.45, 7) is 3.76. The van der Waals surface area contributed by atoms with Crippen LogP contribution in [0, 0.1) is 19.8 Å². The first-order valence-electron chi connectivity index (χ1n) is 9.11. The van der Waals surface area contributed by atoms with Crippen LogP contribution < -0.4 is 0 Å². The number of carbonyl (C=O) groups excluding carboxylic acids is 1. The van der Waals surface area contributed by atoms with Gasteiger partial charge in [-0.2, -0.15) is 0 Å². The third-order valence-electron chi connectivity index (χ3n) is 4.95. The fraction of sp³-hybridized carbons (Fsp3) is 0.444. The summed E-state index contributed by atoms with van der Waals surface area (Å²) in [5.41, 5.74) is 2.28. The second-order valence-corrected chi connectivity index (χ2v) is 10.3. The Balaban J connectivity index is 1.38. The fourth-order valence-electron chi connectivity index (χ4n) is 3.58. The van der Waals surface area contributed by atoms with E-state index in [0.717, 1.165) is 11.4 Å². The van der Waals surface area contributed by atoms with Crippen molar-refractivity contribution in [2.75, 3.05) is 17.3 Å². The maximum Gasteiger partial charge on any atom is 0.277 e. The zero-order valence-electron chi connectivity index (χ0n) is 16.0. The van der Waals surface area contributed by atoms with E-state index in [2.05, 4.69) is 15.4 Å². The number of Topliss-reactive ketones (excluding diaryl/α,β-unsaturated/α-hetero) is 1. The van der Waals surface area contributed by atoms with Gasteiger partial charge in [0.25, 0.3) is 5.22 Å². The Kier molecular flexibility index (Phi) is 5.34. The van der Waals surface area contributed by atoms with Crippen molar-refractivity contribution in [2.45, 2.75) is 31.9 Å². The summed E-state index contributed by atoms with van der Waals surface area (Å²) in [5, 5.41) is 12.2. The van der Waals surface area contributed by atoms with Crippen molar-refractivity contribution in [3.05, 3.63) is 41.2 Å². The molecule has 1 fully saturated rings. The molecule has 4 heterocycles. The number of aromatic nitrogens is 4. The topological polar surface area (TPSA) is 121 Å². The molecule has 0 saturated carbocycles. The lowest BCUT2D eigenvalue weighted by Crippen LogP contribution is -2.07. The minimum atomic E-state index is -2.93. The van der Waals surface area contributed by atoms with E-state index in [4.69, 9.17) is 8.94 Å². The second-order valence-electron chi connectivity index (χ2n) is 7.12. The predicted octanol–water partition coefficient (Wildman–Crippen LogP) is 2.42. The SMILES string of the molecule is Cc1cc(C(=O)CSc2nnc(CC3CCS(=O)(=O)C3)o2)c(C)n1-c1ccon1. The molecule has 0 radical (unpaired) electrons.